The normalized spacial score (nSPS) is 12.0. The second-order valence-electron chi connectivity index (χ2n) is 18.1. The Morgan fingerprint density at radius 2 is 1.15 bits per heavy atom. The average Bonchev–Trinajstić information content (AvgIpc) is 3.66. The highest BCUT2D eigenvalue weighted by molar-refractivity contribution is 7.22. The minimum Gasteiger partial charge on any atom is -0.488 e. The predicted molar refractivity (Wildman–Crippen MR) is 258 cm³/mol. The van der Waals surface area contributed by atoms with Gasteiger partial charge in [0.15, 0.2) is 0 Å². The molecule has 0 radical (unpaired) electrons. The fourth-order valence-corrected chi connectivity index (χ4v) is 8.50. The number of aromatic nitrogens is 1. The summed E-state index contributed by atoms with van der Waals surface area (Å²) in [5.74, 6) is -0.864. The molecule has 0 aliphatic rings. The zero-order valence-electron chi connectivity index (χ0n) is 38.9. The van der Waals surface area contributed by atoms with Crippen LogP contribution in [0.1, 0.15) is 106 Å². The van der Waals surface area contributed by atoms with Gasteiger partial charge >= 0.3 is 23.9 Å². The number of hydrogen-bond acceptors (Lipinski definition) is 14. The van der Waals surface area contributed by atoms with Gasteiger partial charge in [-0.2, -0.15) is 5.10 Å². The first kappa shape index (κ1) is 50.2. The van der Waals surface area contributed by atoms with Gasteiger partial charge in [0.1, 0.15) is 33.9 Å². The maximum atomic E-state index is 13.1. The van der Waals surface area contributed by atoms with E-state index in [1.165, 1.54) is 11.3 Å². The Balaban J connectivity index is 1.18. The van der Waals surface area contributed by atoms with Crippen molar-refractivity contribution in [3.8, 4) is 11.5 Å². The summed E-state index contributed by atoms with van der Waals surface area (Å²) in [6.07, 6.45) is 5.63. The smallest absolute Gasteiger partial charge is 0.338 e. The number of esters is 4. The molecule has 0 unspecified atom stereocenters. The van der Waals surface area contributed by atoms with E-state index in [1.807, 2.05) is 97.9 Å². The van der Waals surface area contributed by atoms with Crippen molar-refractivity contribution in [2.75, 3.05) is 18.6 Å². The van der Waals surface area contributed by atoms with Crippen LogP contribution in [0.4, 0.5) is 5.13 Å². The lowest BCUT2D eigenvalue weighted by atomic mass is 9.92. The maximum absolute atomic E-state index is 13.1. The summed E-state index contributed by atoms with van der Waals surface area (Å²) in [6, 6.07) is 27.1. The van der Waals surface area contributed by atoms with Crippen molar-refractivity contribution in [3.05, 3.63) is 144 Å². The number of nitrogens with zero attached hydrogens (tertiary/aromatic N) is 2. The molecule has 0 atom stereocenters. The Labute approximate surface area is 390 Å². The van der Waals surface area contributed by atoms with E-state index >= 15 is 0 Å². The van der Waals surface area contributed by atoms with Crippen molar-refractivity contribution in [3.63, 3.8) is 0 Å². The summed E-state index contributed by atoms with van der Waals surface area (Å²) < 4.78 is 35.7. The summed E-state index contributed by atoms with van der Waals surface area (Å²) in [4.78, 5) is 54.3. The number of thiazole rings is 1. The minimum atomic E-state index is -0.788. The molecule has 13 nitrogen and oxygen atoms in total. The third-order valence-electron chi connectivity index (χ3n) is 9.85. The standard InChI is InChI=1S/C52H59N3O10S/c1-11-44(56)64-51(7,8)33-49(3,4)62-40-23-19-37(20-24-40)46(58)60-29-27-35-17-18-36(39(31-35)32-53-55-48-54-42-15-13-14-16-43(42)66-48)28-30-61-47(59)38-21-25-41(26-22-38)63-50(5,6)34-52(9,10)65-45(57)12-2/h11-26,31-32H,1-2,27-30,33-34H2,3-10H3,(H,54,55)/b53-32+. The third-order valence-corrected chi connectivity index (χ3v) is 10.8. The number of nitrogens with one attached hydrogen (secondary N) is 1. The van der Waals surface area contributed by atoms with Crippen LogP contribution in [-0.2, 0) is 41.4 Å². The molecule has 14 heteroatoms. The Bertz CT molecular complexity index is 2510. The Kier molecular flexibility index (Phi) is 16.7. The van der Waals surface area contributed by atoms with Gasteiger partial charge < -0.3 is 28.4 Å². The number of para-hydroxylation sites is 1. The fourth-order valence-electron chi connectivity index (χ4n) is 7.69. The van der Waals surface area contributed by atoms with Crippen LogP contribution in [0.3, 0.4) is 0 Å². The minimum absolute atomic E-state index is 0.107. The predicted octanol–water partition coefficient (Wildman–Crippen LogP) is 10.7. The van der Waals surface area contributed by atoms with E-state index in [9.17, 15) is 19.2 Å². The van der Waals surface area contributed by atoms with Crippen molar-refractivity contribution < 1.29 is 47.6 Å². The van der Waals surface area contributed by atoms with Gasteiger partial charge in [-0.25, -0.2) is 24.2 Å². The number of hydrazone groups is 1. The quantitative estimate of drug-likeness (QED) is 0.0217. The van der Waals surface area contributed by atoms with E-state index in [4.69, 9.17) is 28.4 Å². The molecule has 1 heterocycles. The molecule has 0 spiro atoms. The van der Waals surface area contributed by atoms with E-state index in [-0.39, 0.29) is 13.2 Å². The van der Waals surface area contributed by atoms with Crippen LogP contribution in [-0.4, -0.2) is 70.7 Å². The SMILES string of the molecule is C=CC(=O)OC(C)(C)CC(C)(C)Oc1ccc(C(=O)OCCc2ccc(CCOC(=O)c3ccc(OC(C)(C)CC(C)(C)OC(=O)C=C)cc3)c(/C=N/Nc3nc4ccccc4s3)c2)cc1. The highest BCUT2D eigenvalue weighted by Gasteiger charge is 2.34. The number of carbonyl (C=O) groups excluding carboxylic acids is 4. The molecule has 5 rings (SSSR count). The van der Waals surface area contributed by atoms with Gasteiger partial charge in [-0.3, -0.25) is 5.43 Å². The molecule has 5 aromatic rings. The van der Waals surface area contributed by atoms with Crippen molar-refractivity contribution in [1.29, 1.82) is 0 Å². The fraction of sp³-hybridized carbons (Fsp3) is 0.346. The van der Waals surface area contributed by atoms with Gasteiger partial charge in [0.25, 0.3) is 0 Å². The van der Waals surface area contributed by atoms with E-state index < -0.39 is 46.3 Å². The molecular formula is C52H59N3O10S. The van der Waals surface area contributed by atoms with Crippen molar-refractivity contribution in [2.24, 2.45) is 5.10 Å². The van der Waals surface area contributed by atoms with Crippen LogP contribution < -0.4 is 14.9 Å². The first-order valence-electron chi connectivity index (χ1n) is 21.5. The molecule has 4 aromatic carbocycles. The number of fused-ring (bicyclic) bond motifs is 1. The van der Waals surface area contributed by atoms with Gasteiger partial charge in [0.05, 0.1) is 40.8 Å². The molecule has 1 aromatic heterocycles. The lowest BCUT2D eigenvalue weighted by molar-refractivity contribution is -0.155. The molecule has 0 saturated heterocycles. The molecule has 0 saturated carbocycles. The number of benzene rings is 4. The van der Waals surface area contributed by atoms with Gasteiger partial charge in [-0.15, -0.1) is 0 Å². The van der Waals surface area contributed by atoms with Crippen LogP contribution in [0, 0.1) is 0 Å². The van der Waals surface area contributed by atoms with E-state index in [2.05, 4.69) is 28.7 Å². The molecule has 0 aliphatic heterocycles. The topological polar surface area (TPSA) is 161 Å². The molecule has 1 N–H and O–H groups in total. The second kappa shape index (κ2) is 21.9. The van der Waals surface area contributed by atoms with Crippen LogP contribution in [0.2, 0.25) is 0 Å². The number of ether oxygens (including phenoxy) is 6. The number of anilines is 1. The highest BCUT2D eigenvalue weighted by atomic mass is 32.1. The molecule has 0 fully saturated rings. The van der Waals surface area contributed by atoms with Crippen LogP contribution in [0.5, 0.6) is 11.5 Å². The van der Waals surface area contributed by atoms with Crippen molar-refractivity contribution in [1.82, 2.24) is 4.98 Å². The zero-order chi connectivity index (χ0) is 48.1. The van der Waals surface area contributed by atoms with Crippen LogP contribution in [0.25, 0.3) is 10.2 Å². The average molecular weight is 918 g/mol. The summed E-state index contributed by atoms with van der Waals surface area (Å²) in [5, 5.41) is 5.13. The number of hydrogen-bond donors (Lipinski definition) is 1. The number of rotatable bonds is 23. The van der Waals surface area contributed by atoms with Crippen LogP contribution in [0.15, 0.2) is 121 Å². The Morgan fingerprint density at radius 1 is 0.652 bits per heavy atom. The summed E-state index contributed by atoms with van der Waals surface area (Å²) in [5.41, 5.74) is 4.28. The van der Waals surface area contributed by atoms with E-state index in [1.54, 1.807) is 54.7 Å². The zero-order valence-corrected chi connectivity index (χ0v) is 39.8. The van der Waals surface area contributed by atoms with Gasteiger partial charge in [-0.05, 0) is 139 Å². The molecule has 348 valence electrons. The monoisotopic (exact) mass is 917 g/mol. The Hall–Kier alpha value is -6.80. The molecular weight excluding hydrogens is 859 g/mol. The van der Waals surface area contributed by atoms with E-state index in [0.29, 0.717) is 53.4 Å². The molecule has 0 bridgehead atoms. The lowest BCUT2D eigenvalue weighted by Gasteiger charge is -2.34. The summed E-state index contributed by atoms with van der Waals surface area (Å²) in [6.45, 7) is 22.0. The first-order valence-corrected chi connectivity index (χ1v) is 22.4. The van der Waals surface area contributed by atoms with Crippen molar-refractivity contribution >= 4 is 56.8 Å². The third kappa shape index (κ3) is 15.7. The maximum Gasteiger partial charge on any atom is 0.338 e. The Morgan fingerprint density at radius 3 is 1.65 bits per heavy atom. The van der Waals surface area contributed by atoms with Crippen molar-refractivity contribution in [2.45, 2.75) is 103 Å². The first-order chi connectivity index (χ1) is 31.1. The summed E-state index contributed by atoms with van der Waals surface area (Å²) >= 11 is 1.49. The largest absolute Gasteiger partial charge is 0.488 e. The van der Waals surface area contributed by atoms with Gasteiger partial charge in [-0.1, -0.05) is 48.8 Å². The molecule has 66 heavy (non-hydrogen) atoms. The van der Waals surface area contributed by atoms with E-state index in [0.717, 1.165) is 39.1 Å². The summed E-state index contributed by atoms with van der Waals surface area (Å²) in [7, 11) is 0. The second-order valence-corrected chi connectivity index (χ2v) is 19.1. The molecule has 0 aliphatic carbocycles. The highest BCUT2D eigenvalue weighted by Crippen LogP contribution is 2.31. The van der Waals surface area contributed by atoms with Gasteiger partial charge in [0, 0.05) is 37.8 Å². The van der Waals surface area contributed by atoms with Crippen LogP contribution >= 0.6 is 11.3 Å². The lowest BCUT2D eigenvalue weighted by Crippen LogP contribution is -2.40. The molecule has 0 amide bonds. The number of carbonyl (C=O) groups is 4. The van der Waals surface area contributed by atoms with Gasteiger partial charge in [0.2, 0.25) is 5.13 Å².